The first-order valence-electron chi connectivity index (χ1n) is 17.1. The van der Waals surface area contributed by atoms with Crippen molar-refractivity contribution in [2.24, 2.45) is 0 Å². The predicted octanol–water partition coefficient (Wildman–Crippen LogP) is 5.32. The van der Waals surface area contributed by atoms with Crippen LogP contribution in [0.1, 0.15) is 90.9 Å². The number of aliphatic hydroxyl groups excluding tert-OH is 4. The molecule has 0 bridgehead atoms. The van der Waals surface area contributed by atoms with Crippen LogP contribution in [0, 0.1) is 0 Å². The highest BCUT2D eigenvalue weighted by molar-refractivity contribution is 5.70. The zero-order valence-corrected chi connectivity index (χ0v) is 28.2. The molecule has 4 N–H and O–H groups in total. The molecule has 1 aliphatic heterocycles. The van der Waals surface area contributed by atoms with Gasteiger partial charge >= 0.3 is 11.9 Å². The first-order chi connectivity index (χ1) is 22.8. The van der Waals surface area contributed by atoms with E-state index in [2.05, 4.69) is 50.3 Å². The molecule has 1 heterocycles. The topological polar surface area (TPSA) is 152 Å². The van der Waals surface area contributed by atoms with Gasteiger partial charge in [-0.25, -0.2) is 0 Å². The maximum absolute atomic E-state index is 12.6. The number of ether oxygens (including phenoxy) is 4. The van der Waals surface area contributed by atoms with Crippen molar-refractivity contribution in [3.8, 4) is 0 Å². The van der Waals surface area contributed by atoms with Crippen molar-refractivity contribution >= 4 is 11.9 Å². The largest absolute Gasteiger partial charge is 0.462 e. The van der Waals surface area contributed by atoms with Gasteiger partial charge in [0.15, 0.2) is 12.4 Å². The van der Waals surface area contributed by atoms with Gasteiger partial charge in [0.1, 0.15) is 31.0 Å². The average Bonchev–Trinajstić information content (AvgIpc) is 3.06. The van der Waals surface area contributed by atoms with E-state index in [1.165, 1.54) is 0 Å². The molecule has 0 radical (unpaired) electrons. The summed E-state index contributed by atoms with van der Waals surface area (Å²) in [5.74, 6) is -0.910. The summed E-state index contributed by atoms with van der Waals surface area (Å²) in [6.07, 6.45) is 25.1. The summed E-state index contributed by atoms with van der Waals surface area (Å²) in [6, 6.07) is 0. The van der Waals surface area contributed by atoms with E-state index in [0.717, 1.165) is 51.4 Å². The first-order valence-corrected chi connectivity index (χ1v) is 17.1. The Balaban J connectivity index is 2.52. The van der Waals surface area contributed by atoms with Crippen LogP contribution < -0.4 is 0 Å². The van der Waals surface area contributed by atoms with E-state index < -0.39 is 55.4 Å². The molecule has 266 valence electrons. The number of carbonyl (C=O) groups is 2. The van der Waals surface area contributed by atoms with Crippen molar-refractivity contribution in [2.45, 2.75) is 128 Å². The average molecular weight is 663 g/mol. The van der Waals surface area contributed by atoms with Gasteiger partial charge in [0.2, 0.25) is 0 Å². The van der Waals surface area contributed by atoms with Crippen molar-refractivity contribution in [1.82, 2.24) is 0 Å². The van der Waals surface area contributed by atoms with E-state index in [1.807, 2.05) is 36.5 Å². The number of esters is 2. The molecule has 0 saturated carbocycles. The molecule has 1 saturated heterocycles. The lowest BCUT2D eigenvalue weighted by atomic mass is 9.99. The zero-order valence-electron chi connectivity index (χ0n) is 28.2. The third kappa shape index (κ3) is 20.9. The molecule has 47 heavy (non-hydrogen) atoms. The molecule has 6 atom stereocenters. The molecule has 10 nitrogen and oxygen atoms in total. The van der Waals surface area contributed by atoms with Gasteiger partial charge in [0.05, 0.1) is 13.2 Å². The van der Waals surface area contributed by atoms with Crippen LogP contribution in [0.3, 0.4) is 0 Å². The van der Waals surface area contributed by atoms with Gasteiger partial charge in [-0.1, -0.05) is 93.2 Å². The van der Waals surface area contributed by atoms with Crippen LogP contribution in [0.4, 0.5) is 0 Å². The van der Waals surface area contributed by atoms with Crippen LogP contribution in [-0.4, -0.2) is 89.0 Å². The minimum atomic E-state index is -1.61. The molecular weight excluding hydrogens is 604 g/mol. The zero-order chi connectivity index (χ0) is 34.5. The predicted molar refractivity (Wildman–Crippen MR) is 182 cm³/mol. The van der Waals surface area contributed by atoms with E-state index in [-0.39, 0.29) is 26.1 Å². The van der Waals surface area contributed by atoms with Crippen molar-refractivity contribution in [3.63, 3.8) is 0 Å². The van der Waals surface area contributed by atoms with E-state index in [0.29, 0.717) is 12.8 Å². The number of hydrogen-bond acceptors (Lipinski definition) is 10. The van der Waals surface area contributed by atoms with Gasteiger partial charge in [0, 0.05) is 12.8 Å². The van der Waals surface area contributed by atoms with Gasteiger partial charge in [-0.2, -0.15) is 0 Å². The van der Waals surface area contributed by atoms with Crippen LogP contribution in [0.15, 0.2) is 72.9 Å². The van der Waals surface area contributed by atoms with Crippen LogP contribution in [0.25, 0.3) is 0 Å². The summed E-state index contributed by atoms with van der Waals surface area (Å²) < 4.78 is 21.9. The Labute approximate surface area is 281 Å². The lowest BCUT2D eigenvalue weighted by molar-refractivity contribution is -0.305. The monoisotopic (exact) mass is 662 g/mol. The highest BCUT2D eigenvalue weighted by Gasteiger charge is 2.44. The van der Waals surface area contributed by atoms with Gasteiger partial charge in [-0.15, -0.1) is 0 Å². The lowest BCUT2D eigenvalue weighted by Crippen LogP contribution is -2.59. The molecular formula is C37H58O10. The molecule has 3 unspecified atom stereocenters. The Morgan fingerprint density at radius 2 is 1.30 bits per heavy atom. The fourth-order valence-electron chi connectivity index (χ4n) is 4.47. The summed E-state index contributed by atoms with van der Waals surface area (Å²) in [6.45, 7) is 3.02. The number of carbonyl (C=O) groups excluding carboxylic acids is 2. The van der Waals surface area contributed by atoms with Gasteiger partial charge in [0.25, 0.3) is 0 Å². The minimum absolute atomic E-state index is 0.173. The molecule has 1 rings (SSSR count). The molecule has 1 fully saturated rings. The third-order valence-electron chi connectivity index (χ3n) is 7.18. The highest BCUT2D eigenvalue weighted by Crippen LogP contribution is 2.22. The van der Waals surface area contributed by atoms with Gasteiger partial charge < -0.3 is 39.4 Å². The van der Waals surface area contributed by atoms with Gasteiger partial charge in [-0.05, 0) is 57.8 Å². The molecule has 0 aromatic carbocycles. The summed E-state index contributed by atoms with van der Waals surface area (Å²) in [5.41, 5.74) is 0. The van der Waals surface area contributed by atoms with E-state index >= 15 is 0 Å². The van der Waals surface area contributed by atoms with E-state index in [9.17, 15) is 30.0 Å². The van der Waals surface area contributed by atoms with Gasteiger partial charge in [-0.3, -0.25) is 9.59 Å². The van der Waals surface area contributed by atoms with Crippen LogP contribution in [-0.2, 0) is 28.5 Å². The summed E-state index contributed by atoms with van der Waals surface area (Å²) in [5, 5.41) is 39.8. The fraction of sp³-hybridized carbons (Fsp3) is 0.622. The van der Waals surface area contributed by atoms with Crippen LogP contribution in [0.2, 0.25) is 0 Å². The first kappa shape index (κ1) is 42.2. The second-order valence-electron chi connectivity index (χ2n) is 11.3. The van der Waals surface area contributed by atoms with E-state index in [1.54, 1.807) is 0 Å². The fourth-order valence-corrected chi connectivity index (χ4v) is 4.47. The molecule has 10 heteroatoms. The molecule has 0 aromatic heterocycles. The second-order valence-corrected chi connectivity index (χ2v) is 11.3. The number of aliphatic hydroxyl groups is 4. The molecule has 0 aliphatic carbocycles. The van der Waals surface area contributed by atoms with Crippen LogP contribution in [0.5, 0.6) is 0 Å². The maximum Gasteiger partial charge on any atom is 0.306 e. The summed E-state index contributed by atoms with van der Waals surface area (Å²) in [7, 11) is 0. The van der Waals surface area contributed by atoms with Crippen molar-refractivity contribution in [1.29, 1.82) is 0 Å². The molecule has 0 amide bonds. The maximum atomic E-state index is 12.6. The van der Waals surface area contributed by atoms with Crippen molar-refractivity contribution < 1.29 is 49.0 Å². The third-order valence-corrected chi connectivity index (χ3v) is 7.18. The Hall–Kier alpha value is -2.86. The molecule has 0 aromatic rings. The summed E-state index contributed by atoms with van der Waals surface area (Å²) in [4.78, 5) is 25.0. The second kappa shape index (κ2) is 28.2. The number of unbranched alkanes of at least 4 members (excludes halogenated alkanes) is 5. The highest BCUT2D eigenvalue weighted by atomic mass is 16.7. The molecule has 0 spiro atoms. The Morgan fingerprint density at radius 3 is 2.02 bits per heavy atom. The van der Waals surface area contributed by atoms with Crippen LogP contribution >= 0.6 is 0 Å². The minimum Gasteiger partial charge on any atom is -0.462 e. The van der Waals surface area contributed by atoms with Crippen molar-refractivity contribution in [2.75, 3.05) is 19.8 Å². The lowest BCUT2D eigenvalue weighted by Gasteiger charge is -2.39. The molecule has 1 aliphatic rings. The van der Waals surface area contributed by atoms with E-state index in [4.69, 9.17) is 18.9 Å². The standard InChI is InChI=1S/C37H58O10/c1-3-5-7-9-11-13-14-15-16-18-20-22-24-26-33(40)46-30(29-45-37-36(43)35(42)34(41)31(27-38)47-37)28-44-32(39)25-23-21-19-17-12-10-8-6-4-2/h5-9,11-17,30-31,34-38,41-43H,3-4,10,18-29H2,1-2H3/b7-5+,8-6+,11-9+,14-13+,16-15+,17-12+/t30?,31-,34+,35?,36?,37-/m1/s1. The number of hydrogen-bond donors (Lipinski definition) is 4. The number of rotatable bonds is 25. The SMILES string of the molecule is CC/C=C/C=C/C=C/C=C/CCCCCC(=O)OC(COC(=O)CCCC/C=C/C/C=C/CC)CO[C@@H]1O[C@H](CO)[C@H](O)C(O)C1O. The summed E-state index contributed by atoms with van der Waals surface area (Å²) >= 11 is 0. The Morgan fingerprint density at radius 1 is 0.681 bits per heavy atom. The Kier molecular flexibility index (Phi) is 25.3. The normalized spacial score (nSPS) is 22.9. The number of allylic oxidation sites excluding steroid dienone is 12. The quantitative estimate of drug-likeness (QED) is 0.0438. The smallest absolute Gasteiger partial charge is 0.306 e. The Bertz CT molecular complexity index is 997. The van der Waals surface area contributed by atoms with Crippen molar-refractivity contribution in [3.05, 3.63) is 72.9 Å².